The molecule has 2 atom stereocenters. The monoisotopic (exact) mass is 269 g/mol. The third-order valence-corrected chi connectivity index (χ3v) is 3.59. The SMILES string of the molecule is CC(O)C1CCCN(C(=O)c2cc(F)ccc2F)C1. The molecule has 1 saturated heterocycles. The molecule has 1 aliphatic heterocycles. The number of aliphatic hydroxyl groups is 1. The Balaban J connectivity index is 2.17. The van der Waals surface area contributed by atoms with Gasteiger partial charge in [-0.25, -0.2) is 8.78 Å². The van der Waals surface area contributed by atoms with E-state index < -0.39 is 23.6 Å². The zero-order valence-electron chi connectivity index (χ0n) is 10.8. The predicted octanol–water partition coefficient (Wildman–Crippen LogP) is 2.20. The molecule has 5 heteroatoms. The van der Waals surface area contributed by atoms with Gasteiger partial charge in [0.05, 0.1) is 11.7 Å². The standard InChI is InChI=1S/C14H17F2NO2/c1-9(18)10-3-2-6-17(8-10)14(19)12-7-11(15)4-5-13(12)16/h4-5,7,9-10,18H,2-3,6,8H2,1H3. The lowest BCUT2D eigenvalue weighted by Gasteiger charge is -2.34. The largest absolute Gasteiger partial charge is 0.393 e. The quantitative estimate of drug-likeness (QED) is 0.894. The zero-order valence-corrected chi connectivity index (χ0v) is 10.8. The molecule has 104 valence electrons. The van der Waals surface area contributed by atoms with E-state index in [0.29, 0.717) is 13.1 Å². The highest BCUT2D eigenvalue weighted by Crippen LogP contribution is 2.22. The van der Waals surface area contributed by atoms with Crippen LogP contribution in [0, 0.1) is 17.6 Å². The third-order valence-electron chi connectivity index (χ3n) is 3.59. The molecule has 19 heavy (non-hydrogen) atoms. The van der Waals surface area contributed by atoms with Crippen molar-refractivity contribution in [2.24, 2.45) is 5.92 Å². The molecule has 0 spiro atoms. The van der Waals surface area contributed by atoms with Crippen molar-refractivity contribution in [1.82, 2.24) is 4.90 Å². The highest BCUT2D eigenvalue weighted by molar-refractivity contribution is 5.94. The number of likely N-dealkylation sites (tertiary alicyclic amines) is 1. The van der Waals surface area contributed by atoms with Gasteiger partial charge in [0.1, 0.15) is 11.6 Å². The van der Waals surface area contributed by atoms with Gasteiger partial charge >= 0.3 is 0 Å². The summed E-state index contributed by atoms with van der Waals surface area (Å²) in [6.07, 6.45) is 1.10. The lowest BCUT2D eigenvalue weighted by Crippen LogP contribution is -2.43. The Morgan fingerprint density at radius 2 is 2.21 bits per heavy atom. The molecule has 0 radical (unpaired) electrons. The summed E-state index contributed by atoms with van der Waals surface area (Å²) in [5, 5.41) is 9.57. The molecule has 3 nitrogen and oxygen atoms in total. The van der Waals surface area contributed by atoms with Gasteiger partial charge in [-0.1, -0.05) is 0 Å². The topological polar surface area (TPSA) is 40.5 Å². The molecule has 1 fully saturated rings. The predicted molar refractivity (Wildman–Crippen MR) is 66.7 cm³/mol. The number of rotatable bonds is 2. The Bertz CT molecular complexity index is 477. The van der Waals surface area contributed by atoms with Gasteiger partial charge in [-0.15, -0.1) is 0 Å². The summed E-state index contributed by atoms with van der Waals surface area (Å²) >= 11 is 0. The first-order valence-electron chi connectivity index (χ1n) is 6.41. The smallest absolute Gasteiger partial charge is 0.256 e. The molecule has 2 unspecified atom stereocenters. The fraction of sp³-hybridized carbons (Fsp3) is 0.500. The number of nitrogens with zero attached hydrogens (tertiary/aromatic N) is 1. The van der Waals surface area contributed by atoms with Crippen molar-refractivity contribution in [3.8, 4) is 0 Å². The van der Waals surface area contributed by atoms with E-state index in [4.69, 9.17) is 0 Å². The number of carbonyl (C=O) groups is 1. The van der Waals surface area contributed by atoms with Gasteiger partial charge < -0.3 is 10.0 Å². The van der Waals surface area contributed by atoms with E-state index in [0.717, 1.165) is 31.0 Å². The van der Waals surface area contributed by atoms with E-state index in [1.165, 1.54) is 4.90 Å². The number of hydrogen-bond donors (Lipinski definition) is 1. The van der Waals surface area contributed by atoms with Crippen LogP contribution in [0.25, 0.3) is 0 Å². The molecule has 0 bridgehead atoms. The van der Waals surface area contributed by atoms with Gasteiger partial charge in [0.2, 0.25) is 0 Å². The molecule has 1 heterocycles. The number of benzene rings is 1. The first kappa shape index (κ1) is 13.9. The van der Waals surface area contributed by atoms with E-state index in [1.54, 1.807) is 6.92 Å². The first-order chi connectivity index (χ1) is 8.99. The summed E-state index contributed by atoms with van der Waals surface area (Å²) < 4.78 is 26.7. The Labute approximate surface area is 110 Å². The second-order valence-corrected chi connectivity index (χ2v) is 5.02. The van der Waals surface area contributed by atoms with E-state index in [-0.39, 0.29) is 11.5 Å². The maximum Gasteiger partial charge on any atom is 0.256 e. The molecule has 0 saturated carbocycles. The van der Waals surface area contributed by atoms with Crippen molar-refractivity contribution in [3.63, 3.8) is 0 Å². The lowest BCUT2D eigenvalue weighted by atomic mass is 9.93. The molecular formula is C14H17F2NO2. The second-order valence-electron chi connectivity index (χ2n) is 5.02. The fourth-order valence-corrected chi connectivity index (χ4v) is 2.42. The van der Waals surface area contributed by atoms with E-state index in [2.05, 4.69) is 0 Å². The number of amides is 1. The molecule has 1 N–H and O–H groups in total. The van der Waals surface area contributed by atoms with Crippen LogP contribution in [-0.4, -0.2) is 35.1 Å². The van der Waals surface area contributed by atoms with E-state index >= 15 is 0 Å². The van der Waals surface area contributed by atoms with Gasteiger partial charge in [-0.3, -0.25) is 4.79 Å². The van der Waals surface area contributed by atoms with Crippen molar-refractivity contribution in [2.75, 3.05) is 13.1 Å². The third kappa shape index (κ3) is 3.10. The molecule has 0 aromatic heterocycles. The second kappa shape index (κ2) is 5.65. The van der Waals surface area contributed by atoms with Crippen molar-refractivity contribution < 1.29 is 18.7 Å². The highest BCUT2D eigenvalue weighted by Gasteiger charge is 2.28. The Morgan fingerprint density at radius 3 is 2.89 bits per heavy atom. The zero-order chi connectivity index (χ0) is 14.0. The maximum atomic E-state index is 13.6. The number of halogens is 2. The number of piperidine rings is 1. The first-order valence-corrected chi connectivity index (χ1v) is 6.41. The van der Waals surface area contributed by atoms with Crippen molar-refractivity contribution in [2.45, 2.75) is 25.9 Å². The average Bonchev–Trinajstić information content (AvgIpc) is 2.41. The highest BCUT2D eigenvalue weighted by atomic mass is 19.1. The van der Waals surface area contributed by atoms with Crippen LogP contribution in [0.15, 0.2) is 18.2 Å². The van der Waals surface area contributed by atoms with Crippen molar-refractivity contribution in [1.29, 1.82) is 0 Å². The van der Waals surface area contributed by atoms with Crippen molar-refractivity contribution >= 4 is 5.91 Å². The van der Waals surface area contributed by atoms with Crippen LogP contribution >= 0.6 is 0 Å². The van der Waals surface area contributed by atoms with Crippen LogP contribution in [-0.2, 0) is 0 Å². The Kier molecular flexibility index (Phi) is 4.14. The molecule has 1 aliphatic rings. The molecule has 2 rings (SSSR count). The number of aliphatic hydroxyl groups excluding tert-OH is 1. The minimum Gasteiger partial charge on any atom is -0.393 e. The van der Waals surface area contributed by atoms with Crippen LogP contribution in [0.4, 0.5) is 8.78 Å². The van der Waals surface area contributed by atoms with Gasteiger partial charge in [0.25, 0.3) is 5.91 Å². The van der Waals surface area contributed by atoms with Gasteiger partial charge in [0, 0.05) is 19.0 Å². The molecular weight excluding hydrogens is 252 g/mol. The van der Waals surface area contributed by atoms with Crippen molar-refractivity contribution in [3.05, 3.63) is 35.4 Å². The molecule has 1 aromatic carbocycles. The van der Waals surface area contributed by atoms with Crippen LogP contribution in [0.1, 0.15) is 30.1 Å². The molecule has 1 amide bonds. The summed E-state index contributed by atoms with van der Waals surface area (Å²) in [6.45, 7) is 2.58. The van der Waals surface area contributed by atoms with Crippen LogP contribution in [0.3, 0.4) is 0 Å². The molecule has 1 aromatic rings. The van der Waals surface area contributed by atoms with Crippen LogP contribution in [0.2, 0.25) is 0 Å². The molecule has 0 aliphatic carbocycles. The van der Waals surface area contributed by atoms with E-state index in [9.17, 15) is 18.7 Å². The summed E-state index contributed by atoms with van der Waals surface area (Å²) in [5.41, 5.74) is -0.244. The summed E-state index contributed by atoms with van der Waals surface area (Å²) in [7, 11) is 0. The number of hydrogen-bond acceptors (Lipinski definition) is 2. The summed E-state index contributed by atoms with van der Waals surface area (Å²) in [4.78, 5) is 13.7. The number of carbonyl (C=O) groups excluding carboxylic acids is 1. The van der Waals surface area contributed by atoms with E-state index in [1.807, 2.05) is 0 Å². The summed E-state index contributed by atoms with van der Waals surface area (Å²) in [6, 6.07) is 2.86. The van der Waals surface area contributed by atoms with Gasteiger partial charge in [-0.05, 0) is 38.0 Å². The Morgan fingerprint density at radius 1 is 1.47 bits per heavy atom. The minimum absolute atomic E-state index is 0.00526. The average molecular weight is 269 g/mol. The lowest BCUT2D eigenvalue weighted by molar-refractivity contribution is 0.0462. The van der Waals surface area contributed by atoms with Gasteiger partial charge in [0.15, 0.2) is 0 Å². The minimum atomic E-state index is -0.717. The van der Waals surface area contributed by atoms with Crippen LogP contribution < -0.4 is 0 Å². The van der Waals surface area contributed by atoms with Crippen LogP contribution in [0.5, 0.6) is 0 Å². The normalized spacial score (nSPS) is 21.3. The Hall–Kier alpha value is -1.49. The van der Waals surface area contributed by atoms with Gasteiger partial charge in [-0.2, -0.15) is 0 Å². The summed E-state index contributed by atoms with van der Waals surface area (Å²) in [5.74, 6) is -1.86. The maximum absolute atomic E-state index is 13.6. The fourth-order valence-electron chi connectivity index (χ4n) is 2.42.